The number of carbonyl (C=O) groups is 1. The van der Waals surface area contributed by atoms with Gasteiger partial charge in [-0.15, -0.1) is 0 Å². The Morgan fingerprint density at radius 2 is 1.96 bits per heavy atom. The number of nitrogens with one attached hydrogen (secondary N) is 1. The van der Waals surface area contributed by atoms with Crippen molar-refractivity contribution in [1.82, 2.24) is 4.98 Å². The fourth-order valence-corrected chi connectivity index (χ4v) is 3.59. The van der Waals surface area contributed by atoms with E-state index in [9.17, 15) is 4.79 Å². The van der Waals surface area contributed by atoms with Crippen LogP contribution < -0.4 is 10.1 Å². The maximum Gasteiger partial charge on any atom is 0.256 e. The molecule has 1 aromatic heterocycles. The van der Waals surface area contributed by atoms with E-state index in [2.05, 4.69) is 10.3 Å². The largest absolute Gasteiger partial charge is 0.492 e. The topological polar surface area (TPSA) is 60.5 Å². The van der Waals surface area contributed by atoms with Crippen molar-refractivity contribution in [2.75, 3.05) is 19.0 Å². The van der Waals surface area contributed by atoms with E-state index in [1.807, 2.05) is 31.2 Å². The summed E-state index contributed by atoms with van der Waals surface area (Å²) in [5.74, 6) is 0.665. The Morgan fingerprint density at radius 1 is 1.20 bits per heavy atom. The lowest BCUT2D eigenvalue weighted by Crippen LogP contribution is -2.44. The highest BCUT2D eigenvalue weighted by Gasteiger charge is 2.38. The molecule has 0 radical (unpaired) electrons. The number of amides is 1. The van der Waals surface area contributed by atoms with Gasteiger partial charge in [0.2, 0.25) is 0 Å². The number of nitrogens with zero attached hydrogens (tertiary/aromatic N) is 1. The van der Waals surface area contributed by atoms with Crippen molar-refractivity contribution in [3.8, 4) is 5.75 Å². The Morgan fingerprint density at radius 3 is 2.64 bits per heavy atom. The van der Waals surface area contributed by atoms with Crippen molar-refractivity contribution in [3.63, 3.8) is 0 Å². The molecule has 5 heteroatoms. The van der Waals surface area contributed by atoms with Crippen LogP contribution in [0.5, 0.6) is 5.75 Å². The molecule has 1 heterocycles. The second-order valence-electron chi connectivity index (χ2n) is 6.51. The van der Waals surface area contributed by atoms with Crippen LogP contribution in [0.1, 0.15) is 45.4 Å². The highest BCUT2D eigenvalue weighted by atomic mass is 16.5. The quantitative estimate of drug-likeness (QED) is 0.823. The highest BCUT2D eigenvalue weighted by Crippen LogP contribution is 2.34. The standard InChI is InChI=1S/C20H26N2O3/c1-3-25-17-11-10-16(15-9-8-14-21-18(15)17)22-19(23)20(24-2)12-6-4-5-7-13-20/h8-11,14H,3-7,12-13H2,1-2H3,(H,22,23). The van der Waals surface area contributed by atoms with Gasteiger partial charge in [0.25, 0.3) is 5.91 Å². The molecule has 1 fully saturated rings. The minimum absolute atomic E-state index is 0.0637. The van der Waals surface area contributed by atoms with Gasteiger partial charge in [-0.1, -0.05) is 25.7 Å². The third-order valence-corrected chi connectivity index (χ3v) is 5.00. The zero-order valence-corrected chi connectivity index (χ0v) is 15.0. The van der Waals surface area contributed by atoms with Gasteiger partial charge in [-0.25, -0.2) is 0 Å². The molecule has 1 aliphatic rings. The van der Waals surface area contributed by atoms with Gasteiger partial charge in [-0.3, -0.25) is 9.78 Å². The van der Waals surface area contributed by atoms with E-state index in [0.29, 0.717) is 6.61 Å². The summed E-state index contributed by atoms with van der Waals surface area (Å²) in [5, 5.41) is 3.96. The van der Waals surface area contributed by atoms with Crippen molar-refractivity contribution in [2.45, 2.75) is 51.0 Å². The molecule has 1 aromatic carbocycles. The summed E-state index contributed by atoms with van der Waals surface area (Å²) in [7, 11) is 1.64. The first-order valence-corrected chi connectivity index (χ1v) is 9.07. The maximum absolute atomic E-state index is 13.0. The highest BCUT2D eigenvalue weighted by molar-refractivity contribution is 6.05. The number of anilines is 1. The molecule has 5 nitrogen and oxygen atoms in total. The normalized spacial score (nSPS) is 17.0. The van der Waals surface area contributed by atoms with E-state index in [-0.39, 0.29) is 5.91 Å². The van der Waals surface area contributed by atoms with Gasteiger partial charge in [-0.05, 0) is 44.0 Å². The maximum atomic E-state index is 13.0. The molecule has 1 aliphatic carbocycles. The van der Waals surface area contributed by atoms with Crippen LogP contribution in [0.15, 0.2) is 30.5 Å². The molecule has 0 atom stereocenters. The smallest absolute Gasteiger partial charge is 0.256 e. The zero-order chi connectivity index (χ0) is 17.7. The Hall–Kier alpha value is -2.14. The summed E-state index contributed by atoms with van der Waals surface area (Å²) >= 11 is 0. The molecule has 25 heavy (non-hydrogen) atoms. The number of methoxy groups -OCH3 is 1. The van der Waals surface area contributed by atoms with Gasteiger partial charge in [0.1, 0.15) is 16.9 Å². The fourth-order valence-electron chi connectivity index (χ4n) is 3.59. The molecule has 1 amide bonds. The number of aromatic nitrogens is 1. The SMILES string of the molecule is CCOc1ccc(NC(=O)C2(OC)CCCCCC2)c2cccnc12. The first kappa shape index (κ1) is 17.7. The number of benzene rings is 1. The van der Waals surface area contributed by atoms with Crippen LogP contribution >= 0.6 is 0 Å². The van der Waals surface area contributed by atoms with Crippen LogP contribution in [0.3, 0.4) is 0 Å². The van der Waals surface area contributed by atoms with Crippen molar-refractivity contribution in [1.29, 1.82) is 0 Å². The zero-order valence-electron chi connectivity index (χ0n) is 15.0. The Labute approximate surface area is 148 Å². The van der Waals surface area contributed by atoms with E-state index < -0.39 is 5.60 Å². The van der Waals surface area contributed by atoms with Gasteiger partial charge >= 0.3 is 0 Å². The third-order valence-electron chi connectivity index (χ3n) is 5.00. The van der Waals surface area contributed by atoms with Gasteiger partial charge in [0.05, 0.1) is 12.3 Å². The lowest BCUT2D eigenvalue weighted by molar-refractivity contribution is -0.139. The molecule has 2 aromatic rings. The molecule has 0 spiro atoms. The first-order valence-electron chi connectivity index (χ1n) is 9.07. The fraction of sp³-hybridized carbons (Fsp3) is 0.500. The number of pyridine rings is 1. The Bertz CT molecular complexity index is 737. The second kappa shape index (κ2) is 7.83. The number of hydrogen-bond donors (Lipinski definition) is 1. The van der Waals surface area contributed by atoms with Crippen LogP contribution in [-0.4, -0.2) is 30.2 Å². The predicted octanol–water partition coefficient (Wildman–Crippen LogP) is 4.31. The van der Waals surface area contributed by atoms with Crippen LogP contribution in [0.4, 0.5) is 5.69 Å². The average molecular weight is 342 g/mol. The third kappa shape index (κ3) is 3.61. The number of fused-ring (bicyclic) bond motifs is 1. The Kier molecular flexibility index (Phi) is 5.53. The number of ether oxygens (including phenoxy) is 2. The summed E-state index contributed by atoms with van der Waals surface area (Å²) in [4.78, 5) is 17.5. The van der Waals surface area contributed by atoms with Gasteiger partial charge in [0.15, 0.2) is 0 Å². The number of rotatable bonds is 5. The van der Waals surface area contributed by atoms with E-state index in [1.165, 1.54) is 0 Å². The van der Waals surface area contributed by atoms with E-state index in [0.717, 1.165) is 60.9 Å². The number of hydrogen-bond acceptors (Lipinski definition) is 4. The molecular weight excluding hydrogens is 316 g/mol. The lowest BCUT2D eigenvalue weighted by Gasteiger charge is -2.30. The summed E-state index contributed by atoms with van der Waals surface area (Å²) in [6, 6.07) is 7.56. The van der Waals surface area contributed by atoms with Crippen LogP contribution in [0.2, 0.25) is 0 Å². The molecule has 1 saturated carbocycles. The first-order chi connectivity index (χ1) is 12.2. The van der Waals surface area contributed by atoms with Crippen molar-refractivity contribution in [3.05, 3.63) is 30.5 Å². The molecule has 3 rings (SSSR count). The van der Waals surface area contributed by atoms with Crippen LogP contribution in [0.25, 0.3) is 10.9 Å². The molecule has 0 bridgehead atoms. The van der Waals surface area contributed by atoms with Crippen molar-refractivity contribution < 1.29 is 14.3 Å². The summed E-state index contributed by atoms with van der Waals surface area (Å²) in [6.07, 6.45) is 7.63. The minimum Gasteiger partial charge on any atom is -0.492 e. The molecule has 0 saturated heterocycles. The van der Waals surface area contributed by atoms with E-state index in [1.54, 1.807) is 13.3 Å². The summed E-state index contributed by atoms with van der Waals surface area (Å²) < 4.78 is 11.4. The van der Waals surface area contributed by atoms with Gasteiger partial charge < -0.3 is 14.8 Å². The molecule has 134 valence electrons. The molecule has 1 N–H and O–H groups in total. The predicted molar refractivity (Wildman–Crippen MR) is 99.0 cm³/mol. The number of carbonyl (C=O) groups excluding carboxylic acids is 1. The second-order valence-corrected chi connectivity index (χ2v) is 6.51. The molecular formula is C20H26N2O3. The van der Waals surface area contributed by atoms with Crippen LogP contribution in [0, 0.1) is 0 Å². The van der Waals surface area contributed by atoms with E-state index >= 15 is 0 Å². The lowest BCUT2D eigenvalue weighted by atomic mass is 9.93. The van der Waals surface area contributed by atoms with Crippen LogP contribution in [-0.2, 0) is 9.53 Å². The molecule has 0 aliphatic heterocycles. The minimum atomic E-state index is -0.733. The van der Waals surface area contributed by atoms with E-state index in [4.69, 9.17) is 9.47 Å². The average Bonchev–Trinajstić information content (AvgIpc) is 2.90. The monoisotopic (exact) mass is 342 g/mol. The summed E-state index contributed by atoms with van der Waals surface area (Å²) in [6.45, 7) is 2.52. The summed E-state index contributed by atoms with van der Waals surface area (Å²) in [5.41, 5.74) is 0.774. The van der Waals surface area contributed by atoms with Gasteiger partial charge in [-0.2, -0.15) is 0 Å². The van der Waals surface area contributed by atoms with Gasteiger partial charge in [0, 0.05) is 18.7 Å². The Balaban J connectivity index is 1.92. The van der Waals surface area contributed by atoms with Crippen molar-refractivity contribution in [2.24, 2.45) is 0 Å². The molecule has 0 unspecified atom stereocenters. The van der Waals surface area contributed by atoms with Crippen molar-refractivity contribution >= 4 is 22.5 Å².